The Morgan fingerprint density at radius 1 is 1.00 bits per heavy atom. The van der Waals surface area contributed by atoms with Crippen LogP contribution < -0.4 is 0 Å². The van der Waals surface area contributed by atoms with E-state index in [0.29, 0.717) is 6.10 Å². The molecule has 4 atom stereocenters. The minimum absolute atomic E-state index is 0.0543. The molecule has 1 N–H and O–H groups in total. The molecule has 2 nitrogen and oxygen atoms in total. The largest absolute Gasteiger partial charge is 0.390 e. The Labute approximate surface area is 105 Å². The van der Waals surface area contributed by atoms with E-state index in [1.807, 2.05) is 6.92 Å². The van der Waals surface area contributed by atoms with Gasteiger partial charge in [-0.15, -0.1) is 0 Å². The lowest BCUT2D eigenvalue weighted by Gasteiger charge is -2.49. The van der Waals surface area contributed by atoms with Gasteiger partial charge in [-0.05, 0) is 43.4 Å². The molecule has 1 spiro atoms. The Morgan fingerprint density at radius 3 is 2.41 bits per heavy atom. The third kappa shape index (κ3) is 1.40. The molecule has 17 heavy (non-hydrogen) atoms. The second-order valence-corrected chi connectivity index (χ2v) is 7.84. The summed E-state index contributed by atoms with van der Waals surface area (Å²) < 4.78 is 6.24. The van der Waals surface area contributed by atoms with Gasteiger partial charge in [-0.3, -0.25) is 0 Å². The summed E-state index contributed by atoms with van der Waals surface area (Å²) in [6.45, 7) is 9.11. The zero-order chi connectivity index (χ0) is 12.5. The molecule has 0 unspecified atom stereocenters. The molecule has 0 aromatic rings. The molecule has 1 aliphatic heterocycles. The molecule has 2 saturated carbocycles. The van der Waals surface area contributed by atoms with Crippen LogP contribution in [0.2, 0.25) is 0 Å². The highest BCUT2D eigenvalue weighted by Gasteiger charge is 2.75. The van der Waals surface area contributed by atoms with E-state index in [0.717, 1.165) is 19.3 Å². The minimum atomic E-state index is -0.523. The molecule has 3 fully saturated rings. The van der Waals surface area contributed by atoms with E-state index < -0.39 is 5.60 Å². The highest BCUT2D eigenvalue weighted by atomic mass is 16.6. The summed E-state index contributed by atoms with van der Waals surface area (Å²) in [6.07, 6.45) is 7.00. The van der Waals surface area contributed by atoms with Crippen molar-refractivity contribution in [3.8, 4) is 0 Å². The van der Waals surface area contributed by atoms with Gasteiger partial charge in [0.2, 0.25) is 0 Å². The van der Waals surface area contributed by atoms with Gasteiger partial charge in [0.25, 0.3) is 0 Å². The van der Waals surface area contributed by atoms with E-state index in [-0.39, 0.29) is 16.4 Å². The maximum atomic E-state index is 10.4. The molecule has 2 heteroatoms. The lowest BCUT2D eigenvalue weighted by Crippen LogP contribution is -2.51. The average Bonchev–Trinajstić information content (AvgIpc) is 2.88. The molecule has 0 amide bonds. The molecule has 2 aliphatic carbocycles. The van der Waals surface area contributed by atoms with Crippen molar-refractivity contribution in [3.05, 3.63) is 0 Å². The zero-order valence-electron chi connectivity index (χ0n) is 11.7. The standard InChI is InChI=1S/C15H26O2/c1-12(2)6-5-7-13(3)8-9-14(4,16)10-11-15(12,13)17-11/h11,16H,5-10H2,1-4H3/t11-,13-,14-,15-/m0/s1. The molecule has 1 heterocycles. The Morgan fingerprint density at radius 2 is 1.71 bits per heavy atom. The lowest BCUT2D eigenvalue weighted by atomic mass is 9.54. The number of epoxide rings is 1. The highest BCUT2D eigenvalue weighted by Crippen LogP contribution is 2.70. The summed E-state index contributed by atoms with van der Waals surface area (Å²) in [6, 6.07) is 0. The first-order valence-corrected chi connectivity index (χ1v) is 7.13. The van der Waals surface area contributed by atoms with Crippen molar-refractivity contribution >= 4 is 0 Å². The van der Waals surface area contributed by atoms with E-state index in [1.165, 1.54) is 19.3 Å². The minimum Gasteiger partial charge on any atom is -0.390 e. The molecule has 1 saturated heterocycles. The van der Waals surface area contributed by atoms with Gasteiger partial charge in [0.1, 0.15) is 5.60 Å². The summed E-state index contributed by atoms with van der Waals surface area (Å²) in [5.74, 6) is 0. The lowest BCUT2D eigenvalue weighted by molar-refractivity contribution is -0.0495. The van der Waals surface area contributed by atoms with Crippen molar-refractivity contribution < 1.29 is 9.84 Å². The van der Waals surface area contributed by atoms with Crippen LogP contribution in [0, 0.1) is 10.8 Å². The SMILES string of the molecule is CC1(C)CCC[C@@]2(C)CC[C@](C)(O)C[C@@H]3O[C@@]312. The van der Waals surface area contributed by atoms with Crippen LogP contribution in [0.25, 0.3) is 0 Å². The molecule has 0 bridgehead atoms. The molecular formula is C15H26O2. The van der Waals surface area contributed by atoms with Gasteiger partial charge in [0.05, 0.1) is 11.7 Å². The van der Waals surface area contributed by atoms with Gasteiger partial charge < -0.3 is 9.84 Å². The van der Waals surface area contributed by atoms with Crippen molar-refractivity contribution in [1.29, 1.82) is 0 Å². The fourth-order valence-corrected chi connectivity index (χ4v) is 4.97. The van der Waals surface area contributed by atoms with Crippen LogP contribution in [0.4, 0.5) is 0 Å². The van der Waals surface area contributed by atoms with E-state index in [9.17, 15) is 5.11 Å². The van der Waals surface area contributed by atoms with Gasteiger partial charge in [0, 0.05) is 6.42 Å². The van der Waals surface area contributed by atoms with Crippen LogP contribution in [0.5, 0.6) is 0 Å². The fourth-order valence-electron chi connectivity index (χ4n) is 4.97. The summed E-state index contributed by atoms with van der Waals surface area (Å²) >= 11 is 0. The first-order valence-electron chi connectivity index (χ1n) is 7.13. The van der Waals surface area contributed by atoms with Crippen molar-refractivity contribution in [1.82, 2.24) is 0 Å². The van der Waals surface area contributed by atoms with Crippen molar-refractivity contribution in [2.24, 2.45) is 10.8 Å². The van der Waals surface area contributed by atoms with Crippen LogP contribution in [-0.4, -0.2) is 22.4 Å². The van der Waals surface area contributed by atoms with E-state index >= 15 is 0 Å². The van der Waals surface area contributed by atoms with Crippen LogP contribution in [0.1, 0.15) is 66.2 Å². The van der Waals surface area contributed by atoms with E-state index in [4.69, 9.17) is 4.74 Å². The third-order valence-corrected chi connectivity index (χ3v) is 6.00. The molecule has 0 aromatic carbocycles. The van der Waals surface area contributed by atoms with Crippen LogP contribution >= 0.6 is 0 Å². The van der Waals surface area contributed by atoms with Gasteiger partial charge >= 0.3 is 0 Å². The predicted molar refractivity (Wildman–Crippen MR) is 67.8 cm³/mol. The monoisotopic (exact) mass is 238 g/mol. The Kier molecular flexibility index (Phi) is 2.17. The smallest absolute Gasteiger partial charge is 0.105 e. The summed E-state index contributed by atoms with van der Waals surface area (Å²) in [7, 11) is 0. The second kappa shape index (κ2) is 3.08. The third-order valence-electron chi connectivity index (χ3n) is 6.00. The molecule has 0 aromatic heterocycles. The second-order valence-electron chi connectivity index (χ2n) is 7.84. The number of ether oxygens (including phenoxy) is 1. The summed E-state index contributed by atoms with van der Waals surface area (Å²) in [5, 5.41) is 10.4. The molecule has 98 valence electrons. The Balaban J connectivity index is 2.01. The van der Waals surface area contributed by atoms with Crippen molar-refractivity contribution in [2.75, 3.05) is 0 Å². The quantitative estimate of drug-likeness (QED) is 0.657. The first kappa shape index (κ1) is 12.0. The van der Waals surface area contributed by atoms with Gasteiger partial charge in [-0.2, -0.15) is 0 Å². The average molecular weight is 238 g/mol. The number of hydrogen-bond acceptors (Lipinski definition) is 2. The van der Waals surface area contributed by atoms with Gasteiger partial charge in [0.15, 0.2) is 0 Å². The van der Waals surface area contributed by atoms with Crippen LogP contribution in [-0.2, 0) is 4.74 Å². The maximum Gasteiger partial charge on any atom is 0.105 e. The zero-order valence-corrected chi connectivity index (χ0v) is 11.7. The predicted octanol–water partition coefficient (Wildman–Crippen LogP) is 3.28. The van der Waals surface area contributed by atoms with Gasteiger partial charge in [-0.1, -0.05) is 27.2 Å². The fraction of sp³-hybridized carbons (Fsp3) is 1.00. The van der Waals surface area contributed by atoms with Gasteiger partial charge in [-0.25, -0.2) is 0 Å². The first-order chi connectivity index (χ1) is 7.73. The number of hydrogen-bond donors (Lipinski definition) is 1. The molecule has 0 radical (unpaired) electrons. The molecule has 3 aliphatic rings. The number of aliphatic hydroxyl groups is 1. The molecular weight excluding hydrogens is 212 g/mol. The number of rotatable bonds is 0. The highest BCUT2D eigenvalue weighted by molar-refractivity contribution is 5.23. The summed E-state index contributed by atoms with van der Waals surface area (Å²) in [5.41, 5.74) is 0.0777. The Bertz CT molecular complexity index is 347. The van der Waals surface area contributed by atoms with Crippen molar-refractivity contribution in [2.45, 2.75) is 83.5 Å². The van der Waals surface area contributed by atoms with E-state index in [1.54, 1.807) is 0 Å². The molecule has 3 rings (SSSR count). The Hall–Kier alpha value is -0.0800. The maximum absolute atomic E-state index is 10.4. The topological polar surface area (TPSA) is 32.8 Å². The van der Waals surface area contributed by atoms with E-state index in [2.05, 4.69) is 20.8 Å². The normalized spacial score (nSPS) is 56.6. The summed E-state index contributed by atoms with van der Waals surface area (Å²) in [4.78, 5) is 0. The van der Waals surface area contributed by atoms with Crippen LogP contribution in [0.3, 0.4) is 0 Å². The van der Waals surface area contributed by atoms with Crippen LogP contribution in [0.15, 0.2) is 0 Å². The van der Waals surface area contributed by atoms with Crippen molar-refractivity contribution in [3.63, 3.8) is 0 Å².